The largest absolute Gasteiger partial charge is 0.301 e. The van der Waals surface area contributed by atoms with Gasteiger partial charge in [0.25, 0.3) is 5.15 Å². The smallest absolute Gasteiger partial charge is 0.276 e. The Morgan fingerprint density at radius 1 is 1.67 bits per heavy atom. The lowest BCUT2D eigenvalue weighted by Gasteiger charge is -1.98. The normalized spacial score (nSPS) is 9.50. The van der Waals surface area contributed by atoms with Crippen molar-refractivity contribution in [1.29, 1.82) is 0 Å². The van der Waals surface area contributed by atoms with Gasteiger partial charge in [-0.25, -0.2) is 0 Å². The molecule has 64 valence electrons. The third-order valence-electron chi connectivity index (χ3n) is 1.38. The van der Waals surface area contributed by atoms with Crippen molar-refractivity contribution < 1.29 is 9.36 Å². The number of nitrogens with zero attached hydrogens (tertiary/aromatic N) is 1. The molecule has 0 saturated heterocycles. The van der Waals surface area contributed by atoms with E-state index in [1.807, 2.05) is 12.1 Å². The Labute approximate surface area is 76.0 Å². The summed E-state index contributed by atoms with van der Waals surface area (Å²) >= 11 is 5.82. The fourth-order valence-electron chi connectivity index (χ4n) is 0.780. The van der Waals surface area contributed by atoms with Gasteiger partial charge in [0.2, 0.25) is 12.6 Å². The molecule has 1 heterocycles. The maximum atomic E-state index is 10.6. The van der Waals surface area contributed by atoms with Crippen molar-refractivity contribution in [1.82, 2.24) is 5.32 Å². The summed E-state index contributed by atoms with van der Waals surface area (Å²) in [4.78, 5) is 10.6. The van der Waals surface area contributed by atoms with Gasteiger partial charge in [-0.15, -0.1) is 0 Å². The van der Waals surface area contributed by atoms with Crippen LogP contribution in [-0.2, 0) is 11.5 Å². The Kier molecular flexibility index (Phi) is 3.05. The molecule has 1 rings (SSSR count). The average molecular weight is 186 g/mol. The van der Waals surface area contributed by atoms with E-state index in [9.17, 15) is 4.79 Å². The van der Waals surface area contributed by atoms with Gasteiger partial charge in [0.15, 0.2) is 6.20 Å². The van der Waals surface area contributed by atoms with Crippen LogP contribution in [0.2, 0.25) is 5.15 Å². The molecular formula is C8H10ClN2O+. The predicted molar refractivity (Wildman–Crippen MR) is 45.5 cm³/mol. The lowest BCUT2D eigenvalue weighted by atomic mass is 10.5. The van der Waals surface area contributed by atoms with E-state index in [4.69, 9.17) is 11.6 Å². The first-order valence-corrected chi connectivity index (χ1v) is 3.96. The summed E-state index contributed by atoms with van der Waals surface area (Å²) in [5.74, 6) is -0.0672. The van der Waals surface area contributed by atoms with Crippen molar-refractivity contribution in [2.24, 2.45) is 0 Å². The molecule has 0 bridgehead atoms. The number of pyridine rings is 1. The predicted octanol–water partition coefficient (Wildman–Crippen LogP) is 0.721. The first kappa shape index (κ1) is 9.00. The van der Waals surface area contributed by atoms with E-state index in [0.717, 1.165) is 0 Å². The monoisotopic (exact) mass is 185 g/mol. The van der Waals surface area contributed by atoms with Gasteiger partial charge in [-0.3, -0.25) is 4.79 Å². The van der Waals surface area contributed by atoms with Gasteiger partial charge in [0.1, 0.15) is 0 Å². The van der Waals surface area contributed by atoms with E-state index in [1.54, 1.807) is 16.8 Å². The molecule has 1 N–H and O–H groups in total. The first-order chi connectivity index (χ1) is 5.70. The molecule has 0 aromatic carbocycles. The zero-order chi connectivity index (χ0) is 8.97. The minimum atomic E-state index is -0.0672. The van der Waals surface area contributed by atoms with E-state index in [0.29, 0.717) is 11.8 Å². The lowest BCUT2D eigenvalue weighted by Crippen LogP contribution is -2.43. The van der Waals surface area contributed by atoms with Crippen molar-refractivity contribution in [2.45, 2.75) is 13.6 Å². The second-order valence-corrected chi connectivity index (χ2v) is 2.77. The lowest BCUT2D eigenvalue weighted by molar-refractivity contribution is -0.697. The Balaban J connectivity index is 2.63. The fraction of sp³-hybridized carbons (Fsp3) is 0.250. The Morgan fingerprint density at radius 3 is 3.00 bits per heavy atom. The van der Waals surface area contributed by atoms with E-state index >= 15 is 0 Å². The Bertz CT molecular complexity index is 288. The van der Waals surface area contributed by atoms with Gasteiger partial charge in [0, 0.05) is 19.1 Å². The molecule has 0 aliphatic rings. The molecule has 0 aliphatic carbocycles. The number of rotatable bonds is 2. The maximum absolute atomic E-state index is 10.6. The van der Waals surface area contributed by atoms with Crippen LogP contribution in [0.3, 0.4) is 0 Å². The van der Waals surface area contributed by atoms with Crippen LogP contribution in [0.1, 0.15) is 6.92 Å². The number of hydrogen-bond acceptors (Lipinski definition) is 1. The summed E-state index contributed by atoms with van der Waals surface area (Å²) in [7, 11) is 0. The summed E-state index contributed by atoms with van der Waals surface area (Å²) < 4.78 is 1.74. The fourth-order valence-corrected chi connectivity index (χ4v) is 0.969. The number of carbonyl (C=O) groups is 1. The number of nitrogens with one attached hydrogen (secondary N) is 1. The van der Waals surface area contributed by atoms with Gasteiger partial charge >= 0.3 is 0 Å². The third kappa shape index (κ3) is 2.51. The maximum Gasteiger partial charge on any atom is 0.276 e. The minimum absolute atomic E-state index is 0.0672. The molecular weight excluding hydrogens is 176 g/mol. The van der Waals surface area contributed by atoms with Crippen LogP contribution < -0.4 is 9.88 Å². The quantitative estimate of drug-likeness (QED) is 0.535. The molecule has 1 aromatic rings. The van der Waals surface area contributed by atoms with Crippen molar-refractivity contribution >= 4 is 17.5 Å². The van der Waals surface area contributed by atoms with Crippen molar-refractivity contribution in [3.63, 3.8) is 0 Å². The molecule has 0 saturated carbocycles. The molecule has 0 atom stereocenters. The summed E-state index contributed by atoms with van der Waals surface area (Å²) in [6.45, 7) is 1.88. The molecule has 0 radical (unpaired) electrons. The van der Waals surface area contributed by atoms with E-state index < -0.39 is 0 Å². The molecule has 4 heteroatoms. The molecule has 0 unspecified atom stereocenters. The highest BCUT2D eigenvalue weighted by Crippen LogP contribution is 1.97. The van der Waals surface area contributed by atoms with Gasteiger partial charge in [-0.2, -0.15) is 4.57 Å². The first-order valence-electron chi connectivity index (χ1n) is 3.58. The highest BCUT2D eigenvalue weighted by atomic mass is 35.5. The average Bonchev–Trinajstić information content (AvgIpc) is 2.03. The standard InChI is InChI=1S/C8H9ClN2O/c1-7(12)10-6-11-5-3-2-4-8(11)9/h2-5H,6H2,1H3/p+1. The highest BCUT2D eigenvalue weighted by molar-refractivity contribution is 6.28. The molecule has 1 amide bonds. The summed E-state index contributed by atoms with van der Waals surface area (Å²) in [5, 5.41) is 3.25. The van der Waals surface area contributed by atoms with Gasteiger partial charge in [-0.1, -0.05) is 0 Å². The van der Waals surface area contributed by atoms with Crippen molar-refractivity contribution in [3.8, 4) is 0 Å². The second kappa shape index (κ2) is 4.07. The molecule has 1 aromatic heterocycles. The molecule has 0 aliphatic heterocycles. The van der Waals surface area contributed by atoms with Crippen LogP contribution in [0.5, 0.6) is 0 Å². The molecule has 12 heavy (non-hydrogen) atoms. The summed E-state index contributed by atoms with van der Waals surface area (Å²) in [6.07, 6.45) is 1.80. The minimum Gasteiger partial charge on any atom is -0.301 e. The topological polar surface area (TPSA) is 33.0 Å². The van der Waals surface area contributed by atoms with Gasteiger partial charge in [0.05, 0.1) is 0 Å². The molecule has 0 fully saturated rings. The highest BCUT2D eigenvalue weighted by Gasteiger charge is 2.04. The zero-order valence-corrected chi connectivity index (χ0v) is 7.51. The summed E-state index contributed by atoms with van der Waals surface area (Å²) in [5.41, 5.74) is 0. The van der Waals surface area contributed by atoms with Gasteiger partial charge < -0.3 is 5.32 Å². The van der Waals surface area contributed by atoms with Crippen LogP contribution in [0.15, 0.2) is 24.4 Å². The number of carbonyl (C=O) groups excluding carboxylic acids is 1. The van der Waals surface area contributed by atoms with E-state index in [-0.39, 0.29) is 5.91 Å². The second-order valence-electron chi connectivity index (χ2n) is 2.38. The van der Waals surface area contributed by atoms with E-state index in [1.165, 1.54) is 6.92 Å². The number of aromatic nitrogens is 1. The van der Waals surface area contributed by atoms with Gasteiger partial charge in [-0.05, 0) is 17.7 Å². The Hall–Kier alpha value is -1.09. The summed E-state index contributed by atoms with van der Waals surface area (Å²) in [6, 6.07) is 5.46. The van der Waals surface area contributed by atoms with Crippen LogP contribution in [0.4, 0.5) is 0 Å². The third-order valence-corrected chi connectivity index (χ3v) is 1.73. The number of hydrogen-bond donors (Lipinski definition) is 1. The van der Waals surface area contributed by atoms with Crippen LogP contribution in [0.25, 0.3) is 0 Å². The van der Waals surface area contributed by atoms with Crippen molar-refractivity contribution in [3.05, 3.63) is 29.5 Å². The zero-order valence-electron chi connectivity index (χ0n) is 6.75. The van der Waals surface area contributed by atoms with E-state index in [2.05, 4.69) is 5.32 Å². The molecule has 3 nitrogen and oxygen atoms in total. The molecule has 0 spiro atoms. The van der Waals surface area contributed by atoms with Crippen LogP contribution >= 0.6 is 11.6 Å². The van der Waals surface area contributed by atoms with Crippen molar-refractivity contribution in [2.75, 3.05) is 0 Å². The van der Waals surface area contributed by atoms with Crippen LogP contribution in [-0.4, -0.2) is 5.91 Å². The van der Waals surface area contributed by atoms with Crippen LogP contribution in [0, 0.1) is 0 Å². The number of halogens is 1. The SMILES string of the molecule is CC(=O)NC[n+]1ccccc1Cl. The number of amides is 1. The Morgan fingerprint density at radius 2 is 2.42 bits per heavy atom.